The number of methoxy groups -OCH3 is 1. The van der Waals surface area contributed by atoms with E-state index in [9.17, 15) is 13.2 Å². The highest BCUT2D eigenvalue weighted by Crippen LogP contribution is 2.26. The molecule has 0 aliphatic carbocycles. The van der Waals surface area contributed by atoms with Crippen LogP contribution in [0.3, 0.4) is 0 Å². The Hall–Kier alpha value is -2.89. The first-order valence-corrected chi connectivity index (χ1v) is 11.6. The summed E-state index contributed by atoms with van der Waals surface area (Å²) in [5, 5.41) is 10.9. The van der Waals surface area contributed by atoms with E-state index in [1.54, 1.807) is 50.4 Å². The van der Waals surface area contributed by atoms with Crippen LogP contribution in [-0.4, -0.2) is 55.8 Å². The molecule has 0 spiro atoms. The van der Waals surface area contributed by atoms with Crippen LogP contribution in [0.5, 0.6) is 5.75 Å². The van der Waals surface area contributed by atoms with E-state index in [1.807, 2.05) is 0 Å². The summed E-state index contributed by atoms with van der Waals surface area (Å²) in [5.41, 5.74) is 1.72. The third kappa shape index (κ3) is 5.43. The van der Waals surface area contributed by atoms with Crippen LogP contribution in [0.15, 0.2) is 57.0 Å². The number of nitrogens with one attached hydrogen (secondary N) is 1. The fourth-order valence-corrected chi connectivity index (χ4v) is 4.30. The summed E-state index contributed by atoms with van der Waals surface area (Å²) in [7, 11) is 0.889. The molecule has 1 amide bonds. The van der Waals surface area contributed by atoms with Crippen LogP contribution in [0.4, 0.5) is 5.69 Å². The summed E-state index contributed by atoms with van der Waals surface area (Å²) in [4.78, 5) is 12.5. The van der Waals surface area contributed by atoms with E-state index in [1.165, 1.54) is 20.2 Å². The number of benzene rings is 2. The third-order valence-electron chi connectivity index (χ3n) is 4.30. The van der Waals surface area contributed by atoms with Crippen molar-refractivity contribution in [2.45, 2.75) is 17.0 Å². The van der Waals surface area contributed by atoms with E-state index in [-0.39, 0.29) is 21.8 Å². The van der Waals surface area contributed by atoms with Crippen LogP contribution in [0.25, 0.3) is 11.5 Å². The third-order valence-corrected chi connectivity index (χ3v) is 7.08. The number of aryl methyl sites for hydroxylation is 1. The Morgan fingerprint density at radius 1 is 1.16 bits per heavy atom. The lowest BCUT2D eigenvalue weighted by Crippen LogP contribution is -2.23. The van der Waals surface area contributed by atoms with Crippen molar-refractivity contribution in [1.82, 2.24) is 14.5 Å². The van der Waals surface area contributed by atoms with E-state index < -0.39 is 10.0 Å². The van der Waals surface area contributed by atoms with Gasteiger partial charge in [0.25, 0.3) is 5.22 Å². The minimum atomic E-state index is -3.61. The number of anilines is 1. The zero-order chi connectivity index (χ0) is 22.6. The maximum atomic E-state index is 12.4. The van der Waals surface area contributed by atoms with E-state index in [4.69, 9.17) is 9.15 Å². The molecule has 0 radical (unpaired) electrons. The van der Waals surface area contributed by atoms with Gasteiger partial charge >= 0.3 is 0 Å². The number of carbonyl (C=O) groups is 1. The lowest BCUT2D eigenvalue weighted by atomic mass is 10.2. The standard InChI is InChI=1S/C20H22N4O5S2/c1-13-5-8-15(11-17(13)31(26,27)24(2)3)21-18(25)12-30-20-23-22-19(29-20)14-6-9-16(28-4)10-7-14/h5-11H,12H2,1-4H3,(H,21,25). The number of hydrogen-bond acceptors (Lipinski definition) is 8. The number of amides is 1. The average molecular weight is 463 g/mol. The number of hydrogen-bond donors (Lipinski definition) is 1. The van der Waals surface area contributed by atoms with Gasteiger partial charge in [-0.25, -0.2) is 12.7 Å². The average Bonchev–Trinajstić information content (AvgIpc) is 3.22. The highest BCUT2D eigenvalue weighted by Gasteiger charge is 2.20. The molecular weight excluding hydrogens is 440 g/mol. The van der Waals surface area contributed by atoms with Gasteiger partial charge in [0.15, 0.2) is 0 Å². The molecule has 0 fully saturated rings. The zero-order valence-corrected chi connectivity index (χ0v) is 19.1. The van der Waals surface area contributed by atoms with Gasteiger partial charge in [-0.2, -0.15) is 0 Å². The van der Waals surface area contributed by atoms with Gasteiger partial charge in [0, 0.05) is 25.3 Å². The second-order valence-electron chi connectivity index (χ2n) is 6.71. The number of carbonyl (C=O) groups excluding carboxylic acids is 1. The SMILES string of the molecule is COc1ccc(-c2nnc(SCC(=O)Nc3ccc(C)c(S(=O)(=O)N(C)C)c3)o2)cc1. The Kier molecular flexibility index (Phi) is 6.98. The Bertz CT molecular complexity index is 1170. The number of aromatic nitrogens is 2. The van der Waals surface area contributed by atoms with Crippen molar-refractivity contribution in [3.8, 4) is 17.2 Å². The summed E-state index contributed by atoms with van der Waals surface area (Å²) in [6.07, 6.45) is 0. The van der Waals surface area contributed by atoms with Crippen molar-refractivity contribution in [1.29, 1.82) is 0 Å². The highest BCUT2D eigenvalue weighted by atomic mass is 32.2. The maximum Gasteiger partial charge on any atom is 0.277 e. The number of sulfonamides is 1. The largest absolute Gasteiger partial charge is 0.497 e. The molecule has 0 aliphatic rings. The fourth-order valence-electron chi connectivity index (χ4n) is 2.60. The van der Waals surface area contributed by atoms with Gasteiger partial charge in [-0.05, 0) is 48.9 Å². The number of rotatable bonds is 8. The Labute approximate surface area is 184 Å². The zero-order valence-electron chi connectivity index (χ0n) is 17.4. The van der Waals surface area contributed by atoms with Crippen molar-refractivity contribution < 1.29 is 22.4 Å². The number of thioether (sulfide) groups is 1. The van der Waals surface area contributed by atoms with Crippen LogP contribution < -0.4 is 10.1 Å². The maximum absolute atomic E-state index is 12.4. The van der Waals surface area contributed by atoms with Crippen molar-refractivity contribution in [3.05, 3.63) is 48.0 Å². The molecule has 11 heteroatoms. The first-order valence-electron chi connectivity index (χ1n) is 9.14. The van der Waals surface area contributed by atoms with Crippen molar-refractivity contribution in [3.63, 3.8) is 0 Å². The van der Waals surface area contributed by atoms with Crippen LogP contribution in [0.2, 0.25) is 0 Å². The van der Waals surface area contributed by atoms with E-state index >= 15 is 0 Å². The summed E-state index contributed by atoms with van der Waals surface area (Å²) in [6.45, 7) is 1.70. The first-order chi connectivity index (χ1) is 14.7. The van der Waals surface area contributed by atoms with Gasteiger partial charge in [-0.3, -0.25) is 4.79 Å². The summed E-state index contributed by atoms with van der Waals surface area (Å²) in [5.74, 6) is 0.745. The smallest absolute Gasteiger partial charge is 0.277 e. The molecule has 1 N–H and O–H groups in total. The minimum absolute atomic E-state index is 0.0217. The molecule has 164 valence electrons. The Morgan fingerprint density at radius 2 is 1.87 bits per heavy atom. The van der Waals surface area contributed by atoms with Crippen LogP contribution in [0.1, 0.15) is 5.56 Å². The molecule has 0 atom stereocenters. The molecule has 31 heavy (non-hydrogen) atoms. The first kappa shape index (κ1) is 22.8. The van der Waals surface area contributed by atoms with Crippen molar-refractivity contribution in [2.75, 3.05) is 32.3 Å². The predicted molar refractivity (Wildman–Crippen MR) is 118 cm³/mol. The van der Waals surface area contributed by atoms with Crippen molar-refractivity contribution >= 4 is 33.4 Å². The van der Waals surface area contributed by atoms with E-state index in [2.05, 4.69) is 15.5 Å². The van der Waals surface area contributed by atoms with E-state index in [0.717, 1.165) is 21.6 Å². The predicted octanol–water partition coefficient (Wildman–Crippen LogP) is 3.03. The summed E-state index contributed by atoms with van der Waals surface area (Å²) < 4.78 is 36.7. The van der Waals surface area contributed by atoms with Crippen molar-refractivity contribution in [2.24, 2.45) is 0 Å². The van der Waals surface area contributed by atoms with Gasteiger partial charge < -0.3 is 14.5 Å². The molecule has 3 rings (SSSR count). The van der Waals surface area contributed by atoms with Gasteiger partial charge in [0.2, 0.25) is 21.8 Å². The molecule has 2 aromatic carbocycles. The van der Waals surface area contributed by atoms with Crippen LogP contribution >= 0.6 is 11.8 Å². The highest BCUT2D eigenvalue weighted by molar-refractivity contribution is 7.99. The molecule has 0 aliphatic heterocycles. The topological polar surface area (TPSA) is 115 Å². The molecular formula is C20H22N4O5S2. The molecule has 3 aromatic rings. The van der Waals surface area contributed by atoms with Crippen LogP contribution in [0, 0.1) is 6.92 Å². The molecule has 9 nitrogen and oxygen atoms in total. The normalized spacial score (nSPS) is 11.5. The lowest BCUT2D eigenvalue weighted by Gasteiger charge is -2.15. The fraction of sp³-hybridized carbons (Fsp3) is 0.250. The molecule has 0 unspecified atom stereocenters. The van der Waals surface area contributed by atoms with Gasteiger partial charge in [0.1, 0.15) is 5.75 Å². The number of nitrogens with zero attached hydrogens (tertiary/aromatic N) is 3. The molecule has 0 saturated carbocycles. The molecule has 0 bridgehead atoms. The summed E-state index contributed by atoms with van der Waals surface area (Å²) in [6, 6.07) is 11.9. The Balaban J connectivity index is 1.63. The van der Waals surface area contributed by atoms with Crippen LogP contribution in [-0.2, 0) is 14.8 Å². The van der Waals surface area contributed by atoms with E-state index in [0.29, 0.717) is 22.9 Å². The minimum Gasteiger partial charge on any atom is -0.497 e. The van der Waals surface area contributed by atoms with Gasteiger partial charge in [-0.15, -0.1) is 10.2 Å². The number of ether oxygens (including phenoxy) is 1. The molecule has 1 aromatic heterocycles. The molecule has 1 heterocycles. The molecule has 0 saturated heterocycles. The quantitative estimate of drug-likeness (QED) is 0.508. The summed E-state index contributed by atoms with van der Waals surface area (Å²) >= 11 is 1.09. The Morgan fingerprint density at radius 3 is 2.52 bits per heavy atom. The monoisotopic (exact) mass is 462 g/mol. The second kappa shape index (κ2) is 9.50. The van der Waals surface area contributed by atoms with Gasteiger partial charge in [0.05, 0.1) is 17.8 Å². The lowest BCUT2D eigenvalue weighted by molar-refractivity contribution is -0.113. The van der Waals surface area contributed by atoms with Gasteiger partial charge in [-0.1, -0.05) is 17.8 Å². The second-order valence-corrected chi connectivity index (χ2v) is 9.75.